The standard InChI is InChI=1S/C9H12IN3/c10-7-5-12-4-6(9(7)11)8-2-1-3-13-8/h4-5,8,13H,1-3H2,(H2,11,12)/t8-/m0/s1. The summed E-state index contributed by atoms with van der Waals surface area (Å²) in [6.07, 6.45) is 6.08. The second kappa shape index (κ2) is 3.79. The lowest BCUT2D eigenvalue weighted by Gasteiger charge is -2.13. The van der Waals surface area contributed by atoms with Gasteiger partial charge < -0.3 is 11.1 Å². The number of nitrogens with zero attached hydrogens (tertiary/aromatic N) is 1. The van der Waals surface area contributed by atoms with Crippen molar-refractivity contribution in [3.8, 4) is 0 Å². The number of anilines is 1. The van der Waals surface area contributed by atoms with E-state index in [1.165, 1.54) is 12.8 Å². The van der Waals surface area contributed by atoms with Gasteiger partial charge in [-0.3, -0.25) is 4.98 Å². The molecule has 3 N–H and O–H groups in total. The molecule has 1 atom stereocenters. The van der Waals surface area contributed by atoms with Crippen molar-refractivity contribution in [2.24, 2.45) is 0 Å². The van der Waals surface area contributed by atoms with Crippen molar-refractivity contribution in [1.82, 2.24) is 10.3 Å². The Morgan fingerprint density at radius 2 is 2.38 bits per heavy atom. The van der Waals surface area contributed by atoms with Crippen LogP contribution in [0.5, 0.6) is 0 Å². The number of nitrogens with two attached hydrogens (primary N) is 1. The summed E-state index contributed by atoms with van der Waals surface area (Å²) in [5, 5.41) is 3.42. The lowest BCUT2D eigenvalue weighted by Crippen LogP contribution is -2.15. The highest BCUT2D eigenvalue weighted by Crippen LogP contribution is 2.29. The fourth-order valence-electron chi connectivity index (χ4n) is 1.69. The largest absolute Gasteiger partial charge is 0.398 e. The van der Waals surface area contributed by atoms with Crippen LogP contribution < -0.4 is 11.1 Å². The lowest BCUT2D eigenvalue weighted by molar-refractivity contribution is 0.646. The quantitative estimate of drug-likeness (QED) is 0.774. The average molecular weight is 289 g/mol. The Kier molecular flexibility index (Phi) is 2.69. The molecule has 2 rings (SSSR count). The minimum Gasteiger partial charge on any atom is -0.398 e. The number of rotatable bonds is 1. The van der Waals surface area contributed by atoms with Gasteiger partial charge in [-0.2, -0.15) is 0 Å². The Bertz CT molecular complexity index is 308. The van der Waals surface area contributed by atoms with Crippen LogP contribution in [0, 0.1) is 3.57 Å². The maximum atomic E-state index is 5.97. The molecule has 2 heterocycles. The number of nitrogens with one attached hydrogen (secondary N) is 1. The number of nitrogen functional groups attached to an aromatic ring is 1. The Labute approximate surface area is 91.3 Å². The van der Waals surface area contributed by atoms with Crippen LogP contribution in [0.1, 0.15) is 24.4 Å². The van der Waals surface area contributed by atoms with E-state index in [9.17, 15) is 0 Å². The van der Waals surface area contributed by atoms with Crippen LogP contribution in [0.15, 0.2) is 12.4 Å². The molecule has 1 aliphatic rings. The molecule has 0 aliphatic carbocycles. The second-order valence-electron chi connectivity index (χ2n) is 3.27. The molecule has 0 saturated carbocycles. The lowest BCUT2D eigenvalue weighted by atomic mass is 10.1. The molecule has 1 saturated heterocycles. The first-order valence-electron chi connectivity index (χ1n) is 4.41. The minimum absolute atomic E-state index is 0.419. The van der Waals surface area contributed by atoms with Crippen molar-refractivity contribution in [1.29, 1.82) is 0 Å². The highest BCUT2D eigenvalue weighted by atomic mass is 127. The Hall–Kier alpha value is -0.360. The molecule has 4 heteroatoms. The number of hydrogen-bond donors (Lipinski definition) is 2. The molecule has 70 valence electrons. The highest BCUT2D eigenvalue weighted by molar-refractivity contribution is 14.1. The van der Waals surface area contributed by atoms with Gasteiger partial charge in [-0.15, -0.1) is 0 Å². The van der Waals surface area contributed by atoms with Gasteiger partial charge in [-0.05, 0) is 42.0 Å². The first-order valence-corrected chi connectivity index (χ1v) is 5.49. The van der Waals surface area contributed by atoms with E-state index in [0.29, 0.717) is 6.04 Å². The van der Waals surface area contributed by atoms with Gasteiger partial charge in [0.25, 0.3) is 0 Å². The maximum Gasteiger partial charge on any atom is 0.0546 e. The van der Waals surface area contributed by atoms with Gasteiger partial charge in [0, 0.05) is 24.0 Å². The van der Waals surface area contributed by atoms with E-state index in [4.69, 9.17) is 5.73 Å². The molecule has 0 aromatic carbocycles. The molecular weight excluding hydrogens is 277 g/mol. The third kappa shape index (κ3) is 1.78. The molecule has 0 unspecified atom stereocenters. The van der Waals surface area contributed by atoms with Crippen molar-refractivity contribution < 1.29 is 0 Å². The number of aromatic nitrogens is 1. The Balaban J connectivity index is 2.33. The van der Waals surface area contributed by atoms with Crippen LogP contribution >= 0.6 is 22.6 Å². The van der Waals surface area contributed by atoms with Gasteiger partial charge >= 0.3 is 0 Å². The van der Waals surface area contributed by atoms with Gasteiger partial charge in [0.2, 0.25) is 0 Å². The van der Waals surface area contributed by atoms with Crippen LogP contribution in [0.3, 0.4) is 0 Å². The number of halogens is 1. The number of hydrogen-bond acceptors (Lipinski definition) is 3. The first-order chi connectivity index (χ1) is 6.29. The molecule has 0 spiro atoms. The summed E-state index contributed by atoms with van der Waals surface area (Å²) in [7, 11) is 0. The molecule has 1 fully saturated rings. The predicted octanol–water partition coefficient (Wildman–Crippen LogP) is 1.69. The van der Waals surface area contributed by atoms with Crippen molar-refractivity contribution in [3.63, 3.8) is 0 Å². The predicted molar refractivity (Wildman–Crippen MR) is 61.3 cm³/mol. The normalized spacial score (nSPS) is 22.1. The van der Waals surface area contributed by atoms with Gasteiger partial charge in [0.15, 0.2) is 0 Å². The molecule has 3 nitrogen and oxygen atoms in total. The second-order valence-corrected chi connectivity index (χ2v) is 4.44. The van der Waals surface area contributed by atoms with Crippen molar-refractivity contribution in [3.05, 3.63) is 21.5 Å². The summed E-state index contributed by atoms with van der Waals surface area (Å²) in [4.78, 5) is 4.16. The fourth-order valence-corrected chi connectivity index (χ4v) is 2.16. The van der Waals surface area contributed by atoms with E-state index in [-0.39, 0.29) is 0 Å². The summed E-state index contributed by atoms with van der Waals surface area (Å²) in [6, 6.07) is 0.419. The van der Waals surface area contributed by atoms with Crippen molar-refractivity contribution >= 4 is 28.3 Å². The Morgan fingerprint density at radius 1 is 1.54 bits per heavy atom. The van der Waals surface area contributed by atoms with Gasteiger partial charge in [0.1, 0.15) is 0 Å². The maximum absolute atomic E-state index is 5.97. The summed E-state index contributed by atoms with van der Waals surface area (Å²) < 4.78 is 1.05. The third-order valence-corrected chi connectivity index (χ3v) is 3.27. The molecule has 0 bridgehead atoms. The van der Waals surface area contributed by atoms with Gasteiger partial charge in [-0.1, -0.05) is 0 Å². The summed E-state index contributed by atoms with van der Waals surface area (Å²) in [5.74, 6) is 0. The summed E-state index contributed by atoms with van der Waals surface area (Å²) in [5.41, 5.74) is 8.02. The minimum atomic E-state index is 0.419. The monoisotopic (exact) mass is 289 g/mol. The van der Waals surface area contributed by atoms with Crippen LogP contribution in [0.25, 0.3) is 0 Å². The molecule has 1 aliphatic heterocycles. The highest BCUT2D eigenvalue weighted by Gasteiger charge is 2.19. The topological polar surface area (TPSA) is 50.9 Å². The first kappa shape index (κ1) is 9.21. The van der Waals surface area contributed by atoms with Crippen LogP contribution in [-0.4, -0.2) is 11.5 Å². The van der Waals surface area contributed by atoms with Crippen molar-refractivity contribution in [2.45, 2.75) is 18.9 Å². The molecule has 1 aromatic rings. The van der Waals surface area contributed by atoms with E-state index in [2.05, 4.69) is 32.9 Å². The third-order valence-electron chi connectivity index (χ3n) is 2.41. The zero-order valence-electron chi connectivity index (χ0n) is 7.26. The summed E-state index contributed by atoms with van der Waals surface area (Å²) in [6.45, 7) is 1.09. The van der Waals surface area contributed by atoms with Gasteiger partial charge in [0.05, 0.1) is 9.26 Å². The van der Waals surface area contributed by atoms with Crippen LogP contribution in [0.4, 0.5) is 5.69 Å². The number of pyridine rings is 1. The summed E-state index contributed by atoms with van der Waals surface area (Å²) >= 11 is 2.22. The van der Waals surface area contributed by atoms with E-state index in [0.717, 1.165) is 21.4 Å². The molecular formula is C9H12IN3. The zero-order chi connectivity index (χ0) is 9.26. The van der Waals surface area contributed by atoms with E-state index >= 15 is 0 Å². The van der Waals surface area contributed by atoms with Crippen molar-refractivity contribution in [2.75, 3.05) is 12.3 Å². The smallest absolute Gasteiger partial charge is 0.0546 e. The molecule has 0 amide bonds. The fraction of sp³-hybridized carbons (Fsp3) is 0.444. The Morgan fingerprint density at radius 3 is 3.08 bits per heavy atom. The van der Waals surface area contributed by atoms with E-state index < -0.39 is 0 Å². The zero-order valence-corrected chi connectivity index (χ0v) is 9.41. The van der Waals surface area contributed by atoms with Gasteiger partial charge in [-0.25, -0.2) is 0 Å². The van der Waals surface area contributed by atoms with E-state index in [1.54, 1.807) is 6.20 Å². The van der Waals surface area contributed by atoms with E-state index in [1.807, 2.05) is 6.20 Å². The van der Waals surface area contributed by atoms with Crippen LogP contribution in [-0.2, 0) is 0 Å². The molecule has 13 heavy (non-hydrogen) atoms. The SMILES string of the molecule is Nc1c(I)cncc1[C@@H]1CCCN1. The molecule has 1 aromatic heterocycles. The molecule has 0 radical (unpaired) electrons. The average Bonchev–Trinajstić information content (AvgIpc) is 2.62. The van der Waals surface area contributed by atoms with Crippen LogP contribution in [0.2, 0.25) is 0 Å².